The first kappa shape index (κ1) is 14.5. The van der Waals surface area contributed by atoms with E-state index in [1.54, 1.807) is 0 Å². The molecule has 1 N–H and O–H groups in total. The van der Waals surface area contributed by atoms with Gasteiger partial charge in [-0.15, -0.1) is 0 Å². The summed E-state index contributed by atoms with van der Waals surface area (Å²) in [5.41, 5.74) is -0.871. The monoisotopic (exact) mass is 298 g/mol. The van der Waals surface area contributed by atoms with E-state index >= 15 is 0 Å². The van der Waals surface area contributed by atoms with Crippen LogP contribution >= 0.6 is 0 Å². The molecule has 0 amide bonds. The van der Waals surface area contributed by atoms with Crippen molar-refractivity contribution in [2.45, 2.75) is 50.4 Å². The van der Waals surface area contributed by atoms with Crippen molar-refractivity contribution in [3.63, 3.8) is 0 Å². The van der Waals surface area contributed by atoms with Crippen molar-refractivity contribution >= 4 is 5.78 Å². The summed E-state index contributed by atoms with van der Waals surface area (Å²) in [6, 6.07) is 2.41. The van der Waals surface area contributed by atoms with Crippen molar-refractivity contribution in [1.82, 2.24) is 10.3 Å². The molecule has 2 aliphatic heterocycles. The highest BCUT2D eigenvalue weighted by Gasteiger charge is 2.36. The Balaban J connectivity index is 1.79. The number of halogens is 3. The van der Waals surface area contributed by atoms with E-state index in [0.717, 1.165) is 37.6 Å². The average molecular weight is 298 g/mol. The van der Waals surface area contributed by atoms with Crippen LogP contribution in [0.5, 0.6) is 0 Å². The summed E-state index contributed by atoms with van der Waals surface area (Å²) < 4.78 is 38.1. The lowest BCUT2D eigenvalue weighted by molar-refractivity contribution is -0.137. The summed E-state index contributed by atoms with van der Waals surface area (Å²) in [7, 11) is 0. The SMILES string of the molecule is O=C(c1cc(C(F)(F)F)ccn1)C1CC2CCCC(C1)N2. The minimum Gasteiger partial charge on any atom is -0.311 e. The minimum atomic E-state index is -4.44. The molecule has 2 atom stereocenters. The topological polar surface area (TPSA) is 42.0 Å². The smallest absolute Gasteiger partial charge is 0.311 e. The van der Waals surface area contributed by atoms with Crippen LogP contribution in [0, 0.1) is 5.92 Å². The van der Waals surface area contributed by atoms with Crippen molar-refractivity contribution in [3.8, 4) is 0 Å². The first-order valence-corrected chi connectivity index (χ1v) is 7.27. The molecule has 1 aromatic heterocycles. The van der Waals surface area contributed by atoms with E-state index in [9.17, 15) is 18.0 Å². The predicted molar refractivity (Wildman–Crippen MR) is 70.9 cm³/mol. The van der Waals surface area contributed by atoms with Crippen molar-refractivity contribution in [1.29, 1.82) is 0 Å². The molecule has 2 unspecified atom stereocenters. The molecule has 0 saturated carbocycles. The summed E-state index contributed by atoms with van der Waals surface area (Å²) in [4.78, 5) is 16.3. The lowest BCUT2D eigenvalue weighted by atomic mass is 9.78. The van der Waals surface area contributed by atoms with Gasteiger partial charge >= 0.3 is 6.18 Å². The van der Waals surface area contributed by atoms with Gasteiger partial charge in [0.05, 0.1) is 5.56 Å². The number of carbonyl (C=O) groups is 1. The summed E-state index contributed by atoms with van der Waals surface area (Å²) in [5.74, 6) is -0.461. The standard InChI is InChI=1S/C15H17F3N2O/c16-15(17,18)10-4-5-19-13(8-10)14(21)9-6-11-2-1-3-12(7-9)20-11/h4-5,8-9,11-12,20H,1-3,6-7H2. The second-order valence-electron chi connectivity index (χ2n) is 5.95. The Hall–Kier alpha value is -1.43. The molecule has 2 aliphatic rings. The largest absolute Gasteiger partial charge is 0.416 e. The number of piperidine rings is 2. The molecule has 2 bridgehead atoms. The number of Topliss-reactive ketones (excluding diaryl/α,β-unsaturated/α-hetero) is 1. The third kappa shape index (κ3) is 3.10. The second-order valence-corrected chi connectivity index (χ2v) is 5.95. The van der Waals surface area contributed by atoms with Gasteiger partial charge in [-0.2, -0.15) is 13.2 Å². The molecule has 0 aliphatic carbocycles. The van der Waals surface area contributed by atoms with Crippen LogP contribution in [0.3, 0.4) is 0 Å². The predicted octanol–water partition coefficient (Wildman–Crippen LogP) is 3.20. The molecule has 2 fully saturated rings. The number of pyridine rings is 1. The van der Waals surface area contributed by atoms with Crippen molar-refractivity contribution in [2.75, 3.05) is 0 Å². The quantitative estimate of drug-likeness (QED) is 0.853. The maximum absolute atomic E-state index is 12.7. The Morgan fingerprint density at radius 2 is 1.90 bits per heavy atom. The Morgan fingerprint density at radius 1 is 1.24 bits per heavy atom. The van der Waals surface area contributed by atoms with E-state index in [2.05, 4.69) is 10.3 Å². The van der Waals surface area contributed by atoms with Crippen LogP contribution in [-0.2, 0) is 6.18 Å². The molecule has 2 saturated heterocycles. The molecule has 6 heteroatoms. The Kier molecular flexibility index (Phi) is 3.73. The van der Waals surface area contributed by atoms with Crippen LogP contribution < -0.4 is 5.32 Å². The molecule has 1 aromatic rings. The number of fused-ring (bicyclic) bond motifs is 2. The van der Waals surface area contributed by atoms with Crippen molar-refractivity contribution in [3.05, 3.63) is 29.6 Å². The number of hydrogen-bond donors (Lipinski definition) is 1. The van der Waals surface area contributed by atoms with Crippen molar-refractivity contribution < 1.29 is 18.0 Å². The molecule has 0 aromatic carbocycles. The minimum absolute atomic E-state index is 0.0604. The zero-order valence-electron chi connectivity index (χ0n) is 11.5. The van der Waals surface area contributed by atoms with E-state index < -0.39 is 11.7 Å². The van der Waals surface area contributed by atoms with Gasteiger partial charge in [0, 0.05) is 24.2 Å². The highest BCUT2D eigenvalue weighted by atomic mass is 19.4. The van der Waals surface area contributed by atoms with Gasteiger partial charge in [-0.05, 0) is 37.8 Å². The van der Waals surface area contributed by atoms with Gasteiger partial charge in [0.2, 0.25) is 0 Å². The fourth-order valence-corrected chi connectivity index (χ4v) is 3.43. The van der Waals surface area contributed by atoms with Gasteiger partial charge in [0.15, 0.2) is 5.78 Å². The summed E-state index contributed by atoms with van der Waals surface area (Å²) in [6.45, 7) is 0. The third-order valence-corrected chi connectivity index (χ3v) is 4.43. The van der Waals surface area contributed by atoms with Gasteiger partial charge < -0.3 is 5.32 Å². The molecule has 114 valence electrons. The van der Waals surface area contributed by atoms with E-state index in [1.807, 2.05) is 0 Å². The van der Waals surface area contributed by atoms with Gasteiger partial charge in [0.25, 0.3) is 0 Å². The molecule has 3 heterocycles. The van der Waals surface area contributed by atoms with E-state index in [-0.39, 0.29) is 17.4 Å². The first-order valence-electron chi connectivity index (χ1n) is 7.27. The van der Waals surface area contributed by atoms with Crippen LogP contribution in [0.1, 0.15) is 48.2 Å². The van der Waals surface area contributed by atoms with Crippen LogP contribution in [0.4, 0.5) is 13.2 Å². The Bertz CT molecular complexity index is 532. The molecule has 0 radical (unpaired) electrons. The average Bonchev–Trinajstić information content (AvgIpc) is 2.45. The Labute approximate surface area is 120 Å². The summed E-state index contributed by atoms with van der Waals surface area (Å²) in [6.07, 6.45) is 1.26. The zero-order chi connectivity index (χ0) is 15.0. The van der Waals surface area contributed by atoms with E-state index in [1.165, 1.54) is 0 Å². The number of nitrogens with zero attached hydrogens (tertiary/aromatic N) is 1. The van der Waals surface area contributed by atoms with Crippen LogP contribution in [0.25, 0.3) is 0 Å². The second kappa shape index (κ2) is 5.40. The number of nitrogens with one attached hydrogen (secondary N) is 1. The molecule has 0 spiro atoms. The fourth-order valence-electron chi connectivity index (χ4n) is 3.43. The number of aromatic nitrogens is 1. The summed E-state index contributed by atoms with van der Waals surface area (Å²) in [5, 5.41) is 3.47. The normalized spacial score (nSPS) is 29.2. The first-order chi connectivity index (χ1) is 9.93. The molecule has 3 nitrogen and oxygen atoms in total. The van der Waals surface area contributed by atoms with Crippen LogP contribution in [0.15, 0.2) is 18.3 Å². The number of alkyl halides is 3. The highest BCUT2D eigenvalue weighted by molar-refractivity contribution is 5.96. The zero-order valence-corrected chi connectivity index (χ0v) is 11.5. The number of rotatable bonds is 2. The van der Waals surface area contributed by atoms with Crippen LogP contribution in [0.2, 0.25) is 0 Å². The Morgan fingerprint density at radius 3 is 2.52 bits per heavy atom. The molecule has 21 heavy (non-hydrogen) atoms. The third-order valence-electron chi connectivity index (χ3n) is 4.43. The number of carbonyl (C=O) groups excluding carboxylic acids is 1. The van der Waals surface area contributed by atoms with Gasteiger partial charge in [-0.25, -0.2) is 0 Å². The van der Waals surface area contributed by atoms with E-state index in [4.69, 9.17) is 0 Å². The lowest BCUT2D eigenvalue weighted by Gasteiger charge is -2.39. The maximum atomic E-state index is 12.7. The maximum Gasteiger partial charge on any atom is 0.416 e. The summed E-state index contributed by atoms with van der Waals surface area (Å²) >= 11 is 0. The fraction of sp³-hybridized carbons (Fsp3) is 0.600. The number of ketones is 1. The van der Waals surface area contributed by atoms with Crippen molar-refractivity contribution in [2.24, 2.45) is 5.92 Å². The number of hydrogen-bond acceptors (Lipinski definition) is 3. The lowest BCUT2D eigenvalue weighted by Crippen LogP contribution is -2.50. The molecule has 3 rings (SSSR count). The van der Waals surface area contributed by atoms with E-state index in [0.29, 0.717) is 24.9 Å². The molecular formula is C15H17F3N2O. The molecular weight excluding hydrogens is 281 g/mol. The van der Waals surface area contributed by atoms with Gasteiger partial charge in [-0.1, -0.05) is 6.42 Å². The van der Waals surface area contributed by atoms with Gasteiger partial charge in [-0.3, -0.25) is 9.78 Å². The highest BCUT2D eigenvalue weighted by Crippen LogP contribution is 2.33. The van der Waals surface area contributed by atoms with Gasteiger partial charge in [0.1, 0.15) is 5.69 Å². The van der Waals surface area contributed by atoms with Crippen LogP contribution in [-0.4, -0.2) is 22.9 Å².